The first-order chi connectivity index (χ1) is 9.71. The Morgan fingerprint density at radius 1 is 1.25 bits per heavy atom. The molecule has 1 atom stereocenters. The second-order valence-electron chi connectivity index (χ2n) is 4.55. The number of rotatable bonds is 4. The number of ether oxygens (including phenoxy) is 2. The van der Waals surface area contributed by atoms with Crippen molar-refractivity contribution in [3.05, 3.63) is 22.2 Å². The van der Waals surface area contributed by atoms with Crippen LogP contribution in [0.15, 0.2) is 16.6 Å². The van der Waals surface area contributed by atoms with Gasteiger partial charge < -0.3 is 14.8 Å². The summed E-state index contributed by atoms with van der Waals surface area (Å²) in [5.74, 6) is 1.29. The molecule has 0 spiro atoms. The van der Waals surface area contributed by atoms with Gasteiger partial charge in [-0.1, -0.05) is 15.9 Å². The maximum atomic E-state index is 9.54. The van der Waals surface area contributed by atoms with Gasteiger partial charge in [-0.05, 0) is 12.1 Å². The summed E-state index contributed by atoms with van der Waals surface area (Å²) < 4.78 is 11.5. The van der Waals surface area contributed by atoms with Crippen LogP contribution in [0.25, 0.3) is 0 Å². The standard InChI is InChI=1S/C14H18BrN3O2/c1-19-13-7-10(11(15)8-14(13)20-2)12(9-16)18-5-3-17-4-6-18/h7-8,12,17H,3-6H2,1-2H3. The topological polar surface area (TPSA) is 57.5 Å². The van der Waals surface area contributed by atoms with Crippen LogP contribution in [0.4, 0.5) is 0 Å². The number of hydrogen-bond donors (Lipinski definition) is 1. The quantitative estimate of drug-likeness (QED) is 0.908. The van der Waals surface area contributed by atoms with Gasteiger partial charge in [-0.2, -0.15) is 5.26 Å². The molecule has 1 aromatic carbocycles. The molecular weight excluding hydrogens is 322 g/mol. The van der Waals surface area contributed by atoms with Gasteiger partial charge in [0.2, 0.25) is 0 Å². The molecule has 1 heterocycles. The molecule has 0 aliphatic carbocycles. The van der Waals surface area contributed by atoms with Crippen molar-refractivity contribution >= 4 is 15.9 Å². The fraction of sp³-hybridized carbons (Fsp3) is 0.500. The van der Waals surface area contributed by atoms with Crippen LogP contribution in [0.3, 0.4) is 0 Å². The second-order valence-corrected chi connectivity index (χ2v) is 5.40. The van der Waals surface area contributed by atoms with Crippen LogP contribution in [-0.4, -0.2) is 45.3 Å². The van der Waals surface area contributed by atoms with Gasteiger partial charge in [0.1, 0.15) is 6.04 Å². The molecule has 1 aliphatic rings. The zero-order chi connectivity index (χ0) is 14.5. The molecule has 0 bridgehead atoms. The van der Waals surface area contributed by atoms with Gasteiger partial charge >= 0.3 is 0 Å². The molecule has 20 heavy (non-hydrogen) atoms. The number of piperazine rings is 1. The maximum Gasteiger partial charge on any atom is 0.161 e. The predicted molar refractivity (Wildman–Crippen MR) is 80.0 cm³/mol. The molecule has 1 aromatic rings. The third-order valence-electron chi connectivity index (χ3n) is 3.44. The minimum Gasteiger partial charge on any atom is -0.493 e. The van der Waals surface area contributed by atoms with Crippen LogP contribution in [0.5, 0.6) is 11.5 Å². The SMILES string of the molecule is COc1cc(Br)c(C(C#N)N2CCNCC2)cc1OC. The average Bonchev–Trinajstić information content (AvgIpc) is 2.50. The zero-order valence-electron chi connectivity index (χ0n) is 11.6. The van der Waals surface area contributed by atoms with E-state index in [1.807, 2.05) is 12.1 Å². The lowest BCUT2D eigenvalue weighted by Crippen LogP contribution is -2.44. The molecule has 0 amide bonds. The van der Waals surface area contributed by atoms with Gasteiger partial charge in [-0.15, -0.1) is 0 Å². The summed E-state index contributed by atoms with van der Waals surface area (Å²) >= 11 is 3.53. The lowest BCUT2D eigenvalue weighted by atomic mass is 10.0. The van der Waals surface area contributed by atoms with E-state index in [-0.39, 0.29) is 6.04 Å². The van der Waals surface area contributed by atoms with E-state index in [0.29, 0.717) is 11.5 Å². The van der Waals surface area contributed by atoms with E-state index < -0.39 is 0 Å². The Balaban J connectivity index is 2.36. The smallest absolute Gasteiger partial charge is 0.161 e. The molecule has 6 heteroatoms. The molecule has 1 saturated heterocycles. The maximum absolute atomic E-state index is 9.54. The summed E-state index contributed by atoms with van der Waals surface area (Å²) in [5.41, 5.74) is 0.909. The Kier molecular flexibility index (Phi) is 5.24. The highest BCUT2D eigenvalue weighted by molar-refractivity contribution is 9.10. The average molecular weight is 340 g/mol. The number of nitrogens with zero attached hydrogens (tertiary/aromatic N) is 2. The van der Waals surface area contributed by atoms with Crippen molar-refractivity contribution in [2.75, 3.05) is 40.4 Å². The number of methoxy groups -OCH3 is 2. The molecule has 2 rings (SSSR count). The number of benzene rings is 1. The van der Waals surface area contributed by atoms with E-state index in [4.69, 9.17) is 9.47 Å². The first kappa shape index (κ1) is 15.1. The van der Waals surface area contributed by atoms with Crippen LogP contribution in [0.2, 0.25) is 0 Å². The molecule has 1 fully saturated rings. The highest BCUT2D eigenvalue weighted by atomic mass is 79.9. The fourth-order valence-electron chi connectivity index (χ4n) is 2.37. The monoisotopic (exact) mass is 339 g/mol. The van der Waals surface area contributed by atoms with Crippen molar-refractivity contribution in [3.63, 3.8) is 0 Å². The molecule has 5 nitrogen and oxygen atoms in total. The number of halogens is 1. The fourth-order valence-corrected chi connectivity index (χ4v) is 2.91. The first-order valence-electron chi connectivity index (χ1n) is 6.47. The Morgan fingerprint density at radius 2 is 1.85 bits per heavy atom. The third-order valence-corrected chi connectivity index (χ3v) is 4.12. The highest BCUT2D eigenvalue weighted by Crippen LogP contribution is 2.37. The van der Waals surface area contributed by atoms with Crippen molar-refractivity contribution < 1.29 is 9.47 Å². The van der Waals surface area contributed by atoms with E-state index in [9.17, 15) is 5.26 Å². The molecule has 108 valence electrons. The van der Waals surface area contributed by atoms with Crippen molar-refractivity contribution in [2.24, 2.45) is 0 Å². The van der Waals surface area contributed by atoms with Gasteiger partial charge in [0.15, 0.2) is 11.5 Å². The predicted octanol–water partition coefficient (Wildman–Crippen LogP) is 1.94. The molecule has 1 N–H and O–H groups in total. The second kappa shape index (κ2) is 6.93. The third kappa shape index (κ3) is 3.06. The first-order valence-corrected chi connectivity index (χ1v) is 7.26. The summed E-state index contributed by atoms with van der Waals surface area (Å²) in [5, 5.41) is 12.8. The van der Waals surface area contributed by atoms with Crippen molar-refractivity contribution in [3.8, 4) is 17.6 Å². The number of hydrogen-bond acceptors (Lipinski definition) is 5. The molecule has 0 saturated carbocycles. The van der Waals surface area contributed by atoms with Crippen LogP contribution in [-0.2, 0) is 0 Å². The molecule has 0 radical (unpaired) electrons. The van der Waals surface area contributed by atoms with Crippen LogP contribution >= 0.6 is 15.9 Å². The van der Waals surface area contributed by atoms with Crippen LogP contribution in [0.1, 0.15) is 11.6 Å². The molecule has 1 unspecified atom stereocenters. The summed E-state index contributed by atoms with van der Waals surface area (Å²) in [7, 11) is 3.20. The van der Waals surface area contributed by atoms with Crippen molar-refractivity contribution in [1.29, 1.82) is 5.26 Å². The number of nitriles is 1. The number of nitrogens with one attached hydrogen (secondary N) is 1. The lowest BCUT2D eigenvalue weighted by molar-refractivity contribution is 0.206. The highest BCUT2D eigenvalue weighted by Gasteiger charge is 2.25. The van der Waals surface area contributed by atoms with E-state index in [0.717, 1.165) is 36.2 Å². The van der Waals surface area contributed by atoms with Gasteiger partial charge in [0, 0.05) is 36.2 Å². The summed E-state index contributed by atoms with van der Waals surface area (Å²) in [4.78, 5) is 2.17. The Bertz CT molecular complexity index is 510. The van der Waals surface area contributed by atoms with E-state index >= 15 is 0 Å². The van der Waals surface area contributed by atoms with Gasteiger partial charge in [-0.25, -0.2) is 0 Å². The van der Waals surface area contributed by atoms with Crippen molar-refractivity contribution in [1.82, 2.24) is 10.2 Å². The summed E-state index contributed by atoms with van der Waals surface area (Å²) in [6.45, 7) is 3.53. The van der Waals surface area contributed by atoms with E-state index in [2.05, 4.69) is 32.2 Å². The molecular formula is C14H18BrN3O2. The summed E-state index contributed by atoms with van der Waals surface area (Å²) in [6, 6.07) is 5.83. The van der Waals surface area contributed by atoms with Crippen molar-refractivity contribution in [2.45, 2.75) is 6.04 Å². The normalized spacial score (nSPS) is 17.3. The molecule has 1 aliphatic heterocycles. The summed E-state index contributed by atoms with van der Waals surface area (Å²) in [6.07, 6.45) is 0. The lowest BCUT2D eigenvalue weighted by Gasteiger charge is -2.31. The molecule has 0 aromatic heterocycles. The largest absolute Gasteiger partial charge is 0.493 e. The van der Waals surface area contributed by atoms with Gasteiger partial charge in [0.05, 0.1) is 20.3 Å². The van der Waals surface area contributed by atoms with Gasteiger partial charge in [-0.3, -0.25) is 4.90 Å². The minimum atomic E-state index is -0.286. The van der Waals surface area contributed by atoms with E-state index in [1.54, 1.807) is 14.2 Å². The van der Waals surface area contributed by atoms with E-state index in [1.165, 1.54) is 0 Å². The minimum absolute atomic E-state index is 0.286. The van der Waals surface area contributed by atoms with Crippen LogP contribution < -0.4 is 14.8 Å². The zero-order valence-corrected chi connectivity index (χ0v) is 13.2. The Hall–Kier alpha value is -1.29. The van der Waals surface area contributed by atoms with Crippen LogP contribution in [0, 0.1) is 11.3 Å². The Labute approximate surface area is 127 Å². The Morgan fingerprint density at radius 3 is 2.40 bits per heavy atom. The van der Waals surface area contributed by atoms with Gasteiger partial charge in [0.25, 0.3) is 0 Å².